The third-order valence-corrected chi connectivity index (χ3v) is 7.02. The van der Waals surface area contributed by atoms with Gasteiger partial charge in [0.2, 0.25) is 0 Å². The maximum Gasteiger partial charge on any atom is 0.292 e. The van der Waals surface area contributed by atoms with E-state index in [1.165, 1.54) is 24.3 Å². The number of β-amino-alcohol motifs (C(OH)–C–C–N with tert-alkyl or cyclic N) is 1. The first kappa shape index (κ1) is 24.3. The normalized spacial score (nSPS) is 27.1. The molecule has 0 aromatic heterocycles. The lowest BCUT2D eigenvalue weighted by atomic mass is 9.83. The van der Waals surface area contributed by atoms with Gasteiger partial charge < -0.3 is 20.1 Å². The van der Waals surface area contributed by atoms with Gasteiger partial charge in [-0.25, -0.2) is 8.78 Å². The van der Waals surface area contributed by atoms with Crippen LogP contribution < -0.4 is 5.32 Å². The molecule has 0 spiro atoms. The molecule has 7 nitrogen and oxygen atoms in total. The average molecular weight is 496 g/mol. The number of nitrogens with zero attached hydrogens (tertiary/aromatic N) is 2. The molecule has 1 fully saturated rings. The second-order valence-electron chi connectivity index (χ2n) is 9.48. The number of ether oxygens (including phenoxy) is 1. The highest BCUT2D eigenvalue weighted by molar-refractivity contribution is 5.87. The number of nitro groups is 1. The van der Waals surface area contributed by atoms with Gasteiger partial charge in [0.15, 0.2) is 0 Å². The average Bonchev–Trinajstić information content (AvgIpc) is 2.99. The summed E-state index contributed by atoms with van der Waals surface area (Å²) in [4.78, 5) is 13.5. The highest BCUT2D eigenvalue weighted by atomic mass is 19.1. The molecule has 36 heavy (non-hydrogen) atoms. The number of anilines is 1. The minimum Gasteiger partial charge on any atom is -0.390 e. The number of hydrogen-bond acceptors (Lipinski definition) is 6. The number of halogens is 2. The van der Waals surface area contributed by atoms with Crippen molar-refractivity contribution in [3.05, 3.63) is 93.1 Å². The molecule has 2 N–H and O–H groups in total. The van der Waals surface area contributed by atoms with E-state index in [1.54, 1.807) is 36.4 Å². The second-order valence-corrected chi connectivity index (χ2v) is 9.48. The molecular formula is C27H27F2N3O4. The van der Waals surface area contributed by atoms with Gasteiger partial charge in [-0.05, 0) is 61.0 Å². The van der Waals surface area contributed by atoms with Crippen LogP contribution in [-0.4, -0.2) is 53.3 Å². The van der Waals surface area contributed by atoms with Crippen LogP contribution in [0.2, 0.25) is 0 Å². The van der Waals surface area contributed by atoms with Crippen molar-refractivity contribution in [3.63, 3.8) is 0 Å². The lowest BCUT2D eigenvalue weighted by Gasteiger charge is -2.34. The quantitative estimate of drug-likeness (QED) is 0.473. The molecule has 1 saturated heterocycles. The van der Waals surface area contributed by atoms with Crippen LogP contribution in [0.3, 0.4) is 0 Å². The third-order valence-electron chi connectivity index (χ3n) is 7.02. The van der Waals surface area contributed by atoms with Crippen molar-refractivity contribution in [1.82, 2.24) is 4.90 Å². The number of aliphatic hydroxyl groups is 1. The van der Waals surface area contributed by atoms with Gasteiger partial charge in [0.05, 0.1) is 29.8 Å². The third kappa shape index (κ3) is 4.82. The van der Waals surface area contributed by atoms with E-state index in [-0.39, 0.29) is 18.3 Å². The molecule has 0 radical (unpaired) electrons. The highest BCUT2D eigenvalue weighted by Gasteiger charge is 2.32. The first-order chi connectivity index (χ1) is 17.3. The molecule has 2 aromatic rings. The summed E-state index contributed by atoms with van der Waals surface area (Å²) in [6.45, 7) is 1.24. The van der Waals surface area contributed by atoms with E-state index < -0.39 is 34.7 Å². The molecule has 0 saturated carbocycles. The van der Waals surface area contributed by atoms with Crippen LogP contribution in [0.4, 0.5) is 20.2 Å². The highest BCUT2D eigenvalue weighted by Crippen LogP contribution is 2.40. The molecule has 1 aliphatic carbocycles. The lowest BCUT2D eigenvalue weighted by molar-refractivity contribution is -0.384. The Kier molecular flexibility index (Phi) is 6.70. The number of likely N-dealkylation sites (tertiary alicyclic amines) is 1. The summed E-state index contributed by atoms with van der Waals surface area (Å²) in [6.07, 6.45) is 5.55. The van der Waals surface area contributed by atoms with Gasteiger partial charge in [-0.3, -0.25) is 10.1 Å². The molecule has 188 valence electrons. The molecule has 2 heterocycles. The summed E-state index contributed by atoms with van der Waals surface area (Å²) in [5.74, 6) is -1.24. The number of likely N-dealkylation sites (N-methyl/N-ethyl adjacent to an activating group) is 1. The van der Waals surface area contributed by atoms with Gasteiger partial charge >= 0.3 is 0 Å². The fraction of sp³-hybridized carbons (Fsp3) is 0.333. The van der Waals surface area contributed by atoms with Gasteiger partial charge in [-0.15, -0.1) is 0 Å². The van der Waals surface area contributed by atoms with Crippen molar-refractivity contribution < 1.29 is 23.5 Å². The number of nitrogens with one attached hydrogen (secondary N) is 1. The molecule has 9 heteroatoms. The Morgan fingerprint density at radius 3 is 2.89 bits per heavy atom. The smallest absolute Gasteiger partial charge is 0.292 e. The minimum atomic E-state index is -0.647. The summed E-state index contributed by atoms with van der Waals surface area (Å²) in [5.41, 5.74) is 2.43. The Balaban J connectivity index is 1.54. The van der Waals surface area contributed by atoms with E-state index in [0.717, 1.165) is 6.54 Å². The number of allylic oxidation sites excluding steroid dienone is 2. The summed E-state index contributed by atoms with van der Waals surface area (Å²) >= 11 is 0. The van der Waals surface area contributed by atoms with Crippen LogP contribution in [-0.2, 0) is 11.3 Å². The van der Waals surface area contributed by atoms with Crippen LogP contribution in [0.15, 0.2) is 60.5 Å². The Hall–Kier alpha value is -3.40. The Bertz CT molecular complexity index is 1280. The molecule has 0 bridgehead atoms. The predicted octanol–water partition coefficient (Wildman–Crippen LogP) is 4.69. The van der Waals surface area contributed by atoms with Gasteiger partial charge in [0.25, 0.3) is 5.69 Å². The van der Waals surface area contributed by atoms with Crippen molar-refractivity contribution in [2.75, 3.05) is 25.5 Å². The standard InChI is InChI=1S/C27H27F2N3O4/c1-31-10-9-24(26(33)14-31)30-23-8-5-16(12-25(23)32(34)35)11-20-18-3-2-4-22(29)21(18)15-36-27-13-17(28)6-7-19(20)27/h2-8,11-13,19,24,26-27,30,33H,9-10,14-15H2,1H3/b20-11+/t19?,24-,26-,27?/m1/s1. The zero-order valence-corrected chi connectivity index (χ0v) is 19.7. The maximum atomic E-state index is 14.7. The van der Waals surface area contributed by atoms with E-state index in [9.17, 15) is 24.0 Å². The van der Waals surface area contributed by atoms with Gasteiger partial charge in [0.1, 0.15) is 17.3 Å². The Morgan fingerprint density at radius 1 is 1.28 bits per heavy atom. The van der Waals surface area contributed by atoms with Gasteiger partial charge in [0, 0.05) is 24.1 Å². The number of hydrogen-bond donors (Lipinski definition) is 2. The van der Waals surface area contributed by atoms with Crippen LogP contribution >= 0.6 is 0 Å². The fourth-order valence-corrected chi connectivity index (χ4v) is 5.11. The molecule has 5 rings (SSSR count). The zero-order chi connectivity index (χ0) is 25.4. The molecule has 2 aromatic carbocycles. The van der Waals surface area contributed by atoms with Crippen LogP contribution in [0.5, 0.6) is 0 Å². The fourth-order valence-electron chi connectivity index (χ4n) is 5.11. The Labute approximate surface area is 207 Å². The van der Waals surface area contributed by atoms with Crippen molar-refractivity contribution in [1.29, 1.82) is 0 Å². The molecular weight excluding hydrogens is 468 g/mol. The SMILES string of the molecule is CN1CC[C@@H](Nc2ccc(/C=C3\c4cccc(F)c4COC4C=C(F)C=CC34)cc2[N+](=O)[O-])[C@H](O)C1. The van der Waals surface area contributed by atoms with E-state index >= 15 is 0 Å². The van der Waals surface area contributed by atoms with Crippen LogP contribution in [0.1, 0.15) is 23.1 Å². The maximum absolute atomic E-state index is 14.7. The van der Waals surface area contributed by atoms with Gasteiger partial charge in [-0.1, -0.05) is 30.4 Å². The van der Waals surface area contributed by atoms with Crippen LogP contribution in [0, 0.1) is 21.8 Å². The van der Waals surface area contributed by atoms with E-state index in [2.05, 4.69) is 5.32 Å². The van der Waals surface area contributed by atoms with Crippen molar-refractivity contribution in [2.45, 2.75) is 31.3 Å². The van der Waals surface area contributed by atoms with Crippen molar-refractivity contribution in [2.24, 2.45) is 5.92 Å². The second kappa shape index (κ2) is 9.93. The number of piperidine rings is 1. The largest absolute Gasteiger partial charge is 0.390 e. The lowest BCUT2D eigenvalue weighted by Crippen LogP contribution is -2.48. The van der Waals surface area contributed by atoms with Gasteiger partial charge in [-0.2, -0.15) is 0 Å². The number of fused-ring (bicyclic) bond motifs is 2. The zero-order valence-electron chi connectivity index (χ0n) is 19.7. The van der Waals surface area contributed by atoms with Crippen molar-refractivity contribution in [3.8, 4) is 0 Å². The Morgan fingerprint density at radius 2 is 2.11 bits per heavy atom. The van der Waals surface area contributed by atoms with Crippen LogP contribution in [0.25, 0.3) is 11.6 Å². The topological polar surface area (TPSA) is 87.9 Å². The van der Waals surface area contributed by atoms with E-state index in [0.29, 0.717) is 40.9 Å². The first-order valence-electron chi connectivity index (χ1n) is 11.9. The summed E-state index contributed by atoms with van der Waals surface area (Å²) in [6, 6.07) is 9.27. The summed E-state index contributed by atoms with van der Waals surface area (Å²) in [7, 11) is 1.92. The van der Waals surface area contributed by atoms with E-state index in [1.807, 2.05) is 11.9 Å². The first-order valence-corrected chi connectivity index (χ1v) is 11.9. The predicted molar refractivity (Wildman–Crippen MR) is 133 cm³/mol. The molecule has 3 aliphatic rings. The molecule has 2 unspecified atom stereocenters. The molecule has 0 amide bonds. The summed E-state index contributed by atoms with van der Waals surface area (Å²) < 4.78 is 34.5. The number of benzene rings is 2. The monoisotopic (exact) mass is 495 g/mol. The van der Waals surface area contributed by atoms with E-state index in [4.69, 9.17) is 4.74 Å². The minimum absolute atomic E-state index is 0.0138. The summed E-state index contributed by atoms with van der Waals surface area (Å²) in [5, 5.41) is 25.5. The number of aliphatic hydroxyl groups excluding tert-OH is 1. The molecule has 2 aliphatic heterocycles. The van der Waals surface area contributed by atoms with Crippen molar-refractivity contribution >= 4 is 23.0 Å². The number of rotatable bonds is 4. The number of nitro benzene ring substituents is 1. The molecule has 4 atom stereocenters.